The second-order valence-electron chi connectivity index (χ2n) is 9.11. The Balaban J connectivity index is 1.44. The van der Waals surface area contributed by atoms with Crippen LogP contribution in [0.15, 0.2) is 24.3 Å². The number of piperidine rings is 1. The van der Waals surface area contributed by atoms with Gasteiger partial charge in [-0.15, -0.1) is 11.3 Å². The van der Waals surface area contributed by atoms with Crippen molar-refractivity contribution in [2.75, 3.05) is 13.1 Å². The van der Waals surface area contributed by atoms with Crippen molar-refractivity contribution >= 4 is 33.6 Å². The number of rotatable bonds is 6. The molecule has 0 radical (unpaired) electrons. The molecule has 30 heavy (non-hydrogen) atoms. The van der Waals surface area contributed by atoms with Gasteiger partial charge in [-0.1, -0.05) is 12.1 Å². The van der Waals surface area contributed by atoms with E-state index in [1.807, 2.05) is 50.8 Å². The Morgan fingerprint density at radius 1 is 1.33 bits per heavy atom. The molecule has 2 atom stereocenters. The van der Waals surface area contributed by atoms with E-state index in [9.17, 15) is 9.59 Å². The van der Waals surface area contributed by atoms with Crippen molar-refractivity contribution in [2.24, 2.45) is 5.92 Å². The fourth-order valence-electron chi connectivity index (χ4n) is 3.83. The van der Waals surface area contributed by atoms with Crippen LogP contribution in [0.4, 0.5) is 4.79 Å². The van der Waals surface area contributed by atoms with E-state index in [1.54, 1.807) is 11.3 Å². The van der Waals surface area contributed by atoms with Crippen LogP contribution >= 0.6 is 11.3 Å². The van der Waals surface area contributed by atoms with E-state index in [1.165, 1.54) is 4.70 Å². The monoisotopic (exact) mass is 431 g/mol. The van der Waals surface area contributed by atoms with Crippen LogP contribution in [0.25, 0.3) is 10.2 Å². The Kier molecular flexibility index (Phi) is 7.34. The third kappa shape index (κ3) is 6.42. The highest BCUT2D eigenvalue weighted by Crippen LogP contribution is 2.24. The summed E-state index contributed by atoms with van der Waals surface area (Å²) in [5.74, 6) is 0.449. The number of alkyl carbamates (subject to hydrolysis) is 1. The van der Waals surface area contributed by atoms with Crippen molar-refractivity contribution in [3.8, 4) is 0 Å². The lowest BCUT2D eigenvalue weighted by Crippen LogP contribution is -2.48. The average Bonchev–Trinajstić information content (AvgIpc) is 3.09. The molecule has 1 aliphatic heterocycles. The number of hydrogen-bond donors (Lipinski definition) is 1. The van der Waals surface area contributed by atoms with Crippen LogP contribution in [0.1, 0.15) is 58.4 Å². The first-order valence-corrected chi connectivity index (χ1v) is 11.6. The first kappa shape index (κ1) is 22.5. The highest BCUT2D eigenvalue weighted by molar-refractivity contribution is 7.18. The van der Waals surface area contributed by atoms with Gasteiger partial charge >= 0.3 is 6.09 Å². The number of ether oxygens (including phenoxy) is 1. The number of amides is 2. The summed E-state index contributed by atoms with van der Waals surface area (Å²) in [6, 6.07) is 8.11. The van der Waals surface area contributed by atoms with E-state index in [0.717, 1.165) is 42.8 Å². The van der Waals surface area contributed by atoms with Crippen molar-refractivity contribution in [1.29, 1.82) is 0 Å². The Morgan fingerprint density at radius 2 is 2.10 bits per heavy atom. The van der Waals surface area contributed by atoms with E-state index in [4.69, 9.17) is 4.74 Å². The molecule has 1 saturated heterocycles. The molecule has 7 heteroatoms. The molecule has 1 aromatic heterocycles. The molecule has 1 fully saturated rings. The molecular formula is C23H33N3O3S. The smallest absolute Gasteiger partial charge is 0.407 e. The van der Waals surface area contributed by atoms with Crippen LogP contribution in [0.2, 0.25) is 0 Å². The van der Waals surface area contributed by atoms with Crippen molar-refractivity contribution in [1.82, 2.24) is 15.2 Å². The summed E-state index contributed by atoms with van der Waals surface area (Å²) in [5, 5.41) is 4.03. The molecule has 164 valence electrons. The van der Waals surface area contributed by atoms with Crippen molar-refractivity contribution in [3.63, 3.8) is 0 Å². The molecule has 1 aliphatic rings. The molecule has 0 aliphatic carbocycles. The summed E-state index contributed by atoms with van der Waals surface area (Å²) in [6.45, 7) is 9.05. The summed E-state index contributed by atoms with van der Waals surface area (Å²) in [5.41, 5.74) is 0.524. The Labute approximate surface area is 183 Å². The van der Waals surface area contributed by atoms with Crippen LogP contribution in [-0.2, 0) is 16.0 Å². The highest BCUT2D eigenvalue weighted by Gasteiger charge is 2.29. The molecular weight excluding hydrogens is 398 g/mol. The van der Waals surface area contributed by atoms with Gasteiger partial charge < -0.3 is 15.0 Å². The number of likely N-dealkylation sites (tertiary alicyclic amines) is 1. The third-order valence-corrected chi connectivity index (χ3v) is 6.48. The minimum atomic E-state index is -0.512. The van der Waals surface area contributed by atoms with Gasteiger partial charge in [0.25, 0.3) is 0 Å². The fourth-order valence-corrected chi connectivity index (χ4v) is 4.84. The number of benzene rings is 1. The van der Waals surface area contributed by atoms with Crippen molar-refractivity contribution < 1.29 is 14.3 Å². The summed E-state index contributed by atoms with van der Waals surface area (Å²) in [4.78, 5) is 31.4. The van der Waals surface area contributed by atoms with Gasteiger partial charge in [-0.3, -0.25) is 4.79 Å². The number of aromatic nitrogens is 1. The standard InChI is InChI=1S/C23H33N3O3S/c1-16(24-22(28)29-23(2,3)4)17-9-8-14-26(15-17)21(27)13-7-12-20-25-18-10-5-6-11-19(18)30-20/h5-6,10-11,16-17H,7-9,12-15H2,1-4H3,(H,24,28). The third-order valence-electron chi connectivity index (χ3n) is 5.38. The van der Waals surface area contributed by atoms with Crippen LogP contribution in [0, 0.1) is 5.92 Å². The fraction of sp³-hybridized carbons (Fsp3) is 0.609. The Morgan fingerprint density at radius 3 is 2.83 bits per heavy atom. The lowest BCUT2D eigenvalue weighted by molar-refractivity contribution is -0.133. The van der Waals surface area contributed by atoms with E-state index in [-0.39, 0.29) is 17.9 Å². The predicted octanol–water partition coefficient (Wildman–Crippen LogP) is 4.77. The maximum Gasteiger partial charge on any atom is 0.407 e. The van der Waals surface area contributed by atoms with E-state index in [0.29, 0.717) is 13.0 Å². The molecule has 6 nitrogen and oxygen atoms in total. The van der Waals surface area contributed by atoms with E-state index < -0.39 is 11.7 Å². The normalized spacial score (nSPS) is 18.3. The molecule has 2 unspecified atom stereocenters. The first-order valence-electron chi connectivity index (χ1n) is 10.8. The summed E-state index contributed by atoms with van der Waals surface area (Å²) >= 11 is 1.71. The number of carbonyl (C=O) groups excluding carboxylic acids is 2. The van der Waals surface area contributed by atoms with Gasteiger partial charge in [0.1, 0.15) is 5.60 Å². The number of thiazole rings is 1. The van der Waals surface area contributed by atoms with E-state index >= 15 is 0 Å². The maximum absolute atomic E-state index is 12.7. The Bertz CT molecular complexity index is 841. The van der Waals surface area contributed by atoms with Crippen LogP contribution in [-0.4, -0.2) is 46.6 Å². The second kappa shape index (κ2) is 9.77. The SMILES string of the molecule is CC(NC(=O)OC(C)(C)C)C1CCCN(C(=O)CCCc2nc3ccccc3s2)C1. The first-order chi connectivity index (χ1) is 14.2. The molecule has 2 amide bonds. The zero-order chi connectivity index (χ0) is 21.7. The quantitative estimate of drug-likeness (QED) is 0.715. The number of nitrogens with zero attached hydrogens (tertiary/aromatic N) is 2. The summed E-state index contributed by atoms with van der Waals surface area (Å²) < 4.78 is 6.55. The minimum Gasteiger partial charge on any atom is -0.444 e. The molecule has 2 heterocycles. The molecule has 3 rings (SSSR count). The number of fused-ring (bicyclic) bond motifs is 1. The van der Waals surface area contributed by atoms with Gasteiger partial charge in [-0.2, -0.15) is 0 Å². The number of hydrogen-bond acceptors (Lipinski definition) is 5. The molecule has 0 saturated carbocycles. The summed E-state index contributed by atoms with van der Waals surface area (Å²) in [7, 11) is 0. The zero-order valence-corrected chi connectivity index (χ0v) is 19.3. The Hall–Kier alpha value is -2.15. The van der Waals surface area contributed by atoms with Crippen LogP contribution in [0.3, 0.4) is 0 Å². The average molecular weight is 432 g/mol. The van der Waals surface area contributed by atoms with Crippen molar-refractivity contribution in [3.05, 3.63) is 29.3 Å². The van der Waals surface area contributed by atoms with Gasteiger partial charge in [0.2, 0.25) is 5.91 Å². The molecule has 2 aromatic rings. The van der Waals surface area contributed by atoms with Gasteiger partial charge in [0.15, 0.2) is 0 Å². The largest absolute Gasteiger partial charge is 0.444 e. The van der Waals surface area contributed by atoms with Gasteiger partial charge in [0.05, 0.1) is 15.2 Å². The van der Waals surface area contributed by atoms with Gasteiger partial charge in [-0.05, 0) is 71.4 Å². The maximum atomic E-state index is 12.7. The predicted molar refractivity (Wildman–Crippen MR) is 121 cm³/mol. The van der Waals surface area contributed by atoms with Crippen LogP contribution < -0.4 is 5.32 Å². The number of nitrogens with one attached hydrogen (secondary N) is 1. The van der Waals surface area contributed by atoms with E-state index in [2.05, 4.69) is 16.4 Å². The van der Waals surface area contributed by atoms with Gasteiger partial charge in [0, 0.05) is 25.6 Å². The lowest BCUT2D eigenvalue weighted by Gasteiger charge is -2.36. The second-order valence-corrected chi connectivity index (χ2v) is 10.2. The molecule has 0 spiro atoms. The number of aryl methyl sites for hydroxylation is 1. The van der Waals surface area contributed by atoms with Crippen molar-refractivity contribution in [2.45, 2.75) is 71.4 Å². The number of para-hydroxylation sites is 1. The van der Waals surface area contributed by atoms with Gasteiger partial charge in [-0.25, -0.2) is 9.78 Å². The van der Waals surface area contributed by atoms with Crippen LogP contribution in [0.5, 0.6) is 0 Å². The molecule has 0 bridgehead atoms. The zero-order valence-electron chi connectivity index (χ0n) is 18.4. The topological polar surface area (TPSA) is 71.5 Å². The molecule has 1 aromatic carbocycles. The lowest BCUT2D eigenvalue weighted by atomic mass is 9.91. The number of carbonyl (C=O) groups is 2. The molecule has 1 N–H and O–H groups in total. The highest BCUT2D eigenvalue weighted by atomic mass is 32.1. The minimum absolute atomic E-state index is 0.0294. The summed E-state index contributed by atoms with van der Waals surface area (Å²) in [6.07, 6.45) is 3.76.